The Balaban J connectivity index is 2.11. The van der Waals surface area contributed by atoms with Gasteiger partial charge in [0.25, 0.3) is 11.6 Å². The third kappa shape index (κ3) is 2.82. The van der Waals surface area contributed by atoms with Crippen molar-refractivity contribution in [3.05, 3.63) is 28.3 Å². The average molecular weight is 266 g/mol. The number of ether oxygens (including phenoxy) is 1. The largest absolute Gasteiger partial charge is 0.506 e. The minimum atomic E-state index is -0.618. The van der Waals surface area contributed by atoms with Gasteiger partial charge in [-0.05, 0) is 18.4 Å². The van der Waals surface area contributed by atoms with Gasteiger partial charge in [0, 0.05) is 12.7 Å². The summed E-state index contributed by atoms with van der Waals surface area (Å²) in [5.41, 5.74) is -0.0979. The standard InChI is InChI=1S/C12H14N2O5/c1-7-4-5-19-11(7)12(16)13-9-3-2-8(14(17)18)6-10(9)15/h2-3,6-7,11,15H,4-5H2,1H3,(H,13,16). The fourth-order valence-electron chi connectivity index (χ4n) is 1.97. The lowest BCUT2D eigenvalue weighted by atomic mass is 10.0. The molecule has 1 saturated heterocycles. The highest BCUT2D eigenvalue weighted by Crippen LogP contribution is 2.29. The number of hydrogen-bond acceptors (Lipinski definition) is 5. The Labute approximate surface area is 109 Å². The predicted octanol–water partition coefficient (Wildman–Crippen LogP) is 1.66. The number of amides is 1. The minimum absolute atomic E-state index is 0.111. The van der Waals surface area contributed by atoms with Crippen molar-refractivity contribution in [2.24, 2.45) is 5.92 Å². The second-order valence-electron chi connectivity index (χ2n) is 4.51. The Morgan fingerprint density at radius 2 is 2.32 bits per heavy atom. The number of nitro benzene ring substituents is 1. The second kappa shape index (κ2) is 5.23. The van der Waals surface area contributed by atoms with Crippen LogP contribution in [-0.4, -0.2) is 28.6 Å². The molecule has 0 saturated carbocycles. The first kappa shape index (κ1) is 13.3. The van der Waals surface area contributed by atoms with Crippen LogP contribution in [0.1, 0.15) is 13.3 Å². The fraction of sp³-hybridized carbons (Fsp3) is 0.417. The van der Waals surface area contributed by atoms with Gasteiger partial charge in [-0.1, -0.05) is 6.92 Å². The van der Waals surface area contributed by atoms with Gasteiger partial charge in [0.2, 0.25) is 0 Å². The fourth-order valence-corrected chi connectivity index (χ4v) is 1.97. The number of phenols is 1. The van der Waals surface area contributed by atoms with Gasteiger partial charge in [0.05, 0.1) is 16.7 Å². The molecule has 2 unspecified atom stereocenters. The van der Waals surface area contributed by atoms with E-state index in [2.05, 4.69) is 5.32 Å². The van der Waals surface area contributed by atoms with E-state index in [0.717, 1.165) is 12.5 Å². The first-order valence-corrected chi connectivity index (χ1v) is 5.89. The van der Waals surface area contributed by atoms with E-state index in [9.17, 15) is 20.0 Å². The van der Waals surface area contributed by atoms with Gasteiger partial charge in [-0.25, -0.2) is 0 Å². The highest BCUT2D eigenvalue weighted by Gasteiger charge is 2.31. The number of carbonyl (C=O) groups excluding carboxylic acids is 1. The van der Waals surface area contributed by atoms with Gasteiger partial charge < -0.3 is 15.2 Å². The lowest BCUT2D eigenvalue weighted by Gasteiger charge is -2.14. The number of benzene rings is 1. The molecule has 7 heteroatoms. The lowest BCUT2D eigenvalue weighted by molar-refractivity contribution is -0.384. The second-order valence-corrected chi connectivity index (χ2v) is 4.51. The molecule has 1 aromatic carbocycles. The van der Waals surface area contributed by atoms with E-state index in [4.69, 9.17) is 4.74 Å². The molecule has 7 nitrogen and oxygen atoms in total. The third-order valence-corrected chi connectivity index (χ3v) is 3.10. The first-order chi connectivity index (χ1) is 8.99. The summed E-state index contributed by atoms with van der Waals surface area (Å²) in [6.45, 7) is 2.44. The summed E-state index contributed by atoms with van der Waals surface area (Å²) in [6, 6.07) is 3.51. The summed E-state index contributed by atoms with van der Waals surface area (Å²) in [4.78, 5) is 21.8. The smallest absolute Gasteiger partial charge is 0.273 e. The molecule has 102 valence electrons. The van der Waals surface area contributed by atoms with E-state index in [-0.39, 0.29) is 28.9 Å². The van der Waals surface area contributed by atoms with Gasteiger partial charge in [0.1, 0.15) is 11.9 Å². The number of phenolic OH excluding ortho intramolecular Hbond substituents is 1. The number of hydrogen-bond donors (Lipinski definition) is 2. The summed E-state index contributed by atoms with van der Waals surface area (Å²) >= 11 is 0. The highest BCUT2D eigenvalue weighted by atomic mass is 16.6. The predicted molar refractivity (Wildman–Crippen MR) is 66.9 cm³/mol. The van der Waals surface area contributed by atoms with Crippen LogP contribution in [0.3, 0.4) is 0 Å². The number of anilines is 1. The summed E-state index contributed by atoms with van der Waals surface area (Å²) in [6.07, 6.45) is 0.263. The molecule has 1 aromatic rings. The monoisotopic (exact) mass is 266 g/mol. The zero-order chi connectivity index (χ0) is 14.0. The van der Waals surface area contributed by atoms with Gasteiger partial charge in [-0.15, -0.1) is 0 Å². The highest BCUT2D eigenvalue weighted by molar-refractivity contribution is 5.95. The Bertz CT molecular complexity index is 517. The molecule has 1 fully saturated rings. The molecule has 0 aliphatic carbocycles. The minimum Gasteiger partial charge on any atom is -0.506 e. The van der Waals surface area contributed by atoms with E-state index >= 15 is 0 Å². The number of non-ortho nitro benzene ring substituents is 1. The normalized spacial score (nSPS) is 22.2. The van der Waals surface area contributed by atoms with Crippen LogP contribution in [-0.2, 0) is 9.53 Å². The maximum Gasteiger partial charge on any atom is 0.273 e. The SMILES string of the molecule is CC1CCOC1C(=O)Nc1ccc([N+](=O)[O-])cc1O. The Morgan fingerprint density at radius 1 is 1.58 bits per heavy atom. The lowest BCUT2D eigenvalue weighted by Crippen LogP contribution is -2.31. The molecule has 1 amide bonds. The van der Waals surface area contributed by atoms with Crippen LogP contribution in [0.4, 0.5) is 11.4 Å². The van der Waals surface area contributed by atoms with Crippen molar-refractivity contribution in [2.75, 3.05) is 11.9 Å². The van der Waals surface area contributed by atoms with E-state index in [1.807, 2.05) is 6.92 Å². The van der Waals surface area contributed by atoms with Crippen LogP contribution in [0.2, 0.25) is 0 Å². The summed E-state index contributed by atoms with van der Waals surface area (Å²) in [7, 11) is 0. The molecular formula is C12H14N2O5. The number of nitrogens with one attached hydrogen (secondary N) is 1. The number of rotatable bonds is 3. The molecule has 1 aliphatic rings. The molecule has 1 heterocycles. The quantitative estimate of drug-likeness (QED) is 0.492. The average Bonchev–Trinajstić information content (AvgIpc) is 2.77. The molecule has 2 atom stereocenters. The van der Waals surface area contributed by atoms with E-state index in [1.165, 1.54) is 12.1 Å². The molecule has 0 aromatic heterocycles. The Kier molecular flexibility index (Phi) is 3.66. The van der Waals surface area contributed by atoms with Crippen LogP contribution in [0, 0.1) is 16.0 Å². The van der Waals surface area contributed by atoms with Crippen molar-refractivity contribution in [2.45, 2.75) is 19.4 Å². The summed E-state index contributed by atoms with van der Waals surface area (Å²) in [5, 5.41) is 22.7. The van der Waals surface area contributed by atoms with Gasteiger partial charge in [0.15, 0.2) is 0 Å². The molecule has 2 rings (SSSR count). The third-order valence-electron chi connectivity index (χ3n) is 3.10. The number of nitro groups is 1. The zero-order valence-electron chi connectivity index (χ0n) is 10.3. The van der Waals surface area contributed by atoms with Crippen molar-refractivity contribution < 1.29 is 19.6 Å². The van der Waals surface area contributed by atoms with Gasteiger partial charge in [-0.3, -0.25) is 14.9 Å². The van der Waals surface area contributed by atoms with Crippen molar-refractivity contribution in [3.63, 3.8) is 0 Å². The number of carbonyl (C=O) groups is 1. The molecular weight excluding hydrogens is 252 g/mol. The van der Waals surface area contributed by atoms with Crippen LogP contribution >= 0.6 is 0 Å². The maximum absolute atomic E-state index is 11.9. The van der Waals surface area contributed by atoms with Crippen molar-refractivity contribution in [1.82, 2.24) is 0 Å². The van der Waals surface area contributed by atoms with Crippen LogP contribution < -0.4 is 5.32 Å². The number of nitrogens with zero attached hydrogens (tertiary/aromatic N) is 1. The van der Waals surface area contributed by atoms with Crippen LogP contribution in [0.15, 0.2) is 18.2 Å². The van der Waals surface area contributed by atoms with E-state index in [0.29, 0.717) is 6.61 Å². The maximum atomic E-state index is 11.9. The van der Waals surface area contributed by atoms with Crippen molar-refractivity contribution in [3.8, 4) is 5.75 Å². The summed E-state index contributed by atoms with van der Waals surface area (Å²) in [5.74, 6) is -0.581. The van der Waals surface area contributed by atoms with E-state index < -0.39 is 11.0 Å². The Hall–Kier alpha value is -2.15. The van der Waals surface area contributed by atoms with Gasteiger partial charge >= 0.3 is 0 Å². The van der Waals surface area contributed by atoms with E-state index in [1.54, 1.807) is 0 Å². The van der Waals surface area contributed by atoms with Crippen molar-refractivity contribution in [1.29, 1.82) is 0 Å². The number of aromatic hydroxyl groups is 1. The molecule has 0 spiro atoms. The van der Waals surface area contributed by atoms with Gasteiger partial charge in [-0.2, -0.15) is 0 Å². The topological polar surface area (TPSA) is 102 Å². The Morgan fingerprint density at radius 3 is 2.84 bits per heavy atom. The molecule has 0 radical (unpaired) electrons. The summed E-state index contributed by atoms with van der Waals surface area (Å²) < 4.78 is 5.30. The zero-order valence-corrected chi connectivity index (χ0v) is 10.3. The first-order valence-electron chi connectivity index (χ1n) is 5.89. The molecule has 0 bridgehead atoms. The van der Waals surface area contributed by atoms with Crippen LogP contribution in [0.5, 0.6) is 5.75 Å². The van der Waals surface area contributed by atoms with Crippen molar-refractivity contribution >= 4 is 17.3 Å². The molecule has 1 aliphatic heterocycles. The van der Waals surface area contributed by atoms with Crippen LogP contribution in [0.25, 0.3) is 0 Å². The molecule has 2 N–H and O–H groups in total. The molecule has 19 heavy (non-hydrogen) atoms.